The molecule has 1 aliphatic heterocycles. The lowest BCUT2D eigenvalue weighted by molar-refractivity contribution is 0.126. The number of benzene rings is 1. The van der Waals surface area contributed by atoms with Gasteiger partial charge < -0.3 is 20.3 Å². The molecule has 1 aromatic rings. The van der Waals surface area contributed by atoms with Crippen LogP contribution in [0.15, 0.2) is 18.2 Å². The van der Waals surface area contributed by atoms with E-state index in [-0.39, 0.29) is 36.4 Å². The lowest BCUT2D eigenvalue weighted by Crippen LogP contribution is -2.45. The van der Waals surface area contributed by atoms with Gasteiger partial charge >= 0.3 is 0 Å². The van der Waals surface area contributed by atoms with E-state index >= 15 is 0 Å². The number of halogens is 1. The molecule has 5 nitrogen and oxygen atoms in total. The Bertz CT molecular complexity index is 485. The molecule has 0 radical (unpaired) electrons. The van der Waals surface area contributed by atoms with Crippen LogP contribution in [-0.4, -0.2) is 53.5 Å². The number of aromatic hydroxyl groups is 1. The molecule has 3 N–H and O–H groups in total. The quantitative estimate of drug-likeness (QED) is 0.765. The van der Waals surface area contributed by atoms with Crippen molar-refractivity contribution in [2.45, 2.75) is 38.8 Å². The zero-order valence-electron chi connectivity index (χ0n) is 14.2. The summed E-state index contributed by atoms with van der Waals surface area (Å²) in [4.78, 5) is 2.31. The first-order chi connectivity index (χ1) is 10.4. The summed E-state index contributed by atoms with van der Waals surface area (Å²) in [6.45, 7) is 9.78. The van der Waals surface area contributed by atoms with Crippen molar-refractivity contribution in [1.29, 1.82) is 0 Å². The van der Waals surface area contributed by atoms with Crippen molar-refractivity contribution in [2.24, 2.45) is 0 Å². The van der Waals surface area contributed by atoms with Crippen LogP contribution >= 0.6 is 12.4 Å². The molecule has 1 heterocycles. The molecule has 23 heavy (non-hydrogen) atoms. The predicted molar refractivity (Wildman–Crippen MR) is 94.6 cm³/mol. The Balaban J connectivity index is 0.00000264. The van der Waals surface area contributed by atoms with E-state index in [0.717, 1.165) is 37.5 Å². The summed E-state index contributed by atoms with van der Waals surface area (Å²) < 4.78 is 5.91. The highest BCUT2D eigenvalue weighted by atomic mass is 35.5. The maximum Gasteiger partial charge on any atom is 0.120 e. The molecule has 1 atom stereocenters. The molecule has 1 aromatic carbocycles. The number of hydrogen-bond acceptors (Lipinski definition) is 5. The van der Waals surface area contributed by atoms with Gasteiger partial charge in [-0.3, -0.25) is 4.90 Å². The van der Waals surface area contributed by atoms with Gasteiger partial charge in [-0.25, -0.2) is 0 Å². The van der Waals surface area contributed by atoms with Crippen molar-refractivity contribution in [1.82, 2.24) is 10.2 Å². The standard InChI is InChI=1S/C17H28N2O3.ClH/c1-17(2,3)22-13-4-5-16(21)14(12-13)15(6-11-20)19-9-7-18-8-10-19;/h4-5,12,15,18,20-21H,6-11H2,1-3H3;1H/t15-;/m0./s1. The summed E-state index contributed by atoms with van der Waals surface area (Å²) >= 11 is 0. The predicted octanol–water partition coefficient (Wildman–Crippen LogP) is 2.32. The first-order valence-electron chi connectivity index (χ1n) is 7.98. The summed E-state index contributed by atoms with van der Waals surface area (Å²) in [5.41, 5.74) is 0.549. The third kappa shape index (κ3) is 5.84. The zero-order chi connectivity index (χ0) is 16.2. The van der Waals surface area contributed by atoms with E-state index in [2.05, 4.69) is 10.2 Å². The van der Waals surface area contributed by atoms with Crippen LogP contribution in [-0.2, 0) is 0 Å². The lowest BCUT2D eigenvalue weighted by Gasteiger charge is -2.35. The first kappa shape index (κ1) is 20.0. The van der Waals surface area contributed by atoms with Crippen molar-refractivity contribution in [3.8, 4) is 11.5 Å². The number of hydrogen-bond donors (Lipinski definition) is 3. The summed E-state index contributed by atoms with van der Waals surface area (Å²) in [6.07, 6.45) is 0.604. The van der Waals surface area contributed by atoms with E-state index in [4.69, 9.17) is 4.74 Å². The van der Waals surface area contributed by atoms with Crippen molar-refractivity contribution in [3.05, 3.63) is 23.8 Å². The van der Waals surface area contributed by atoms with E-state index in [0.29, 0.717) is 6.42 Å². The number of nitrogens with zero attached hydrogens (tertiary/aromatic N) is 1. The zero-order valence-corrected chi connectivity index (χ0v) is 15.0. The summed E-state index contributed by atoms with van der Waals surface area (Å²) in [7, 11) is 0. The van der Waals surface area contributed by atoms with Gasteiger partial charge in [0.2, 0.25) is 0 Å². The van der Waals surface area contributed by atoms with Gasteiger partial charge in [0.15, 0.2) is 0 Å². The third-order valence-electron chi connectivity index (χ3n) is 3.78. The number of nitrogens with one attached hydrogen (secondary N) is 1. The minimum absolute atomic E-state index is 0. The van der Waals surface area contributed by atoms with Crippen LogP contribution < -0.4 is 10.1 Å². The number of rotatable bonds is 5. The fourth-order valence-electron chi connectivity index (χ4n) is 2.87. The molecule has 1 aliphatic rings. The van der Waals surface area contributed by atoms with Gasteiger partial charge in [0.05, 0.1) is 0 Å². The van der Waals surface area contributed by atoms with E-state index in [9.17, 15) is 10.2 Å². The minimum Gasteiger partial charge on any atom is -0.508 e. The number of ether oxygens (including phenoxy) is 1. The Labute approximate surface area is 145 Å². The Hall–Kier alpha value is -1.01. The highest BCUT2D eigenvalue weighted by Crippen LogP contribution is 2.35. The van der Waals surface area contributed by atoms with Crippen molar-refractivity contribution >= 4 is 12.4 Å². The van der Waals surface area contributed by atoms with Crippen molar-refractivity contribution in [2.75, 3.05) is 32.8 Å². The normalized spacial score (nSPS) is 17.4. The summed E-state index contributed by atoms with van der Waals surface area (Å²) in [5.74, 6) is 1.01. The number of piperazine rings is 1. The van der Waals surface area contributed by atoms with E-state index < -0.39 is 0 Å². The molecule has 0 unspecified atom stereocenters. The summed E-state index contributed by atoms with van der Waals surface area (Å²) in [5, 5.41) is 23.0. The molecule has 0 amide bonds. The molecule has 0 bridgehead atoms. The molecule has 1 saturated heterocycles. The molecule has 1 fully saturated rings. The second-order valence-corrected chi connectivity index (χ2v) is 6.75. The van der Waals surface area contributed by atoms with Crippen LogP contribution in [0.1, 0.15) is 38.8 Å². The van der Waals surface area contributed by atoms with Crippen LogP contribution in [0.25, 0.3) is 0 Å². The van der Waals surface area contributed by atoms with Crippen molar-refractivity contribution in [3.63, 3.8) is 0 Å². The van der Waals surface area contributed by atoms with Gasteiger partial charge in [-0.1, -0.05) is 0 Å². The van der Waals surface area contributed by atoms with Crippen molar-refractivity contribution < 1.29 is 14.9 Å². The maximum atomic E-state index is 10.3. The molecule has 6 heteroatoms. The number of phenols is 1. The van der Waals surface area contributed by atoms with Crippen LogP contribution in [0.2, 0.25) is 0 Å². The number of aliphatic hydroxyl groups is 1. The maximum absolute atomic E-state index is 10.3. The van der Waals surface area contributed by atoms with E-state index in [1.54, 1.807) is 12.1 Å². The SMILES string of the molecule is CC(C)(C)Oc1ccc(O)c([C@H](CCO)N2CCNCC2)c1.Cl. The molecule has 0 aromatic heterocycles. The van der Waals surface area contributed by atoms with E-state index in [1.165, 1.54) is 0 Å². The second-order valence-electron chi connectivity index (χ2n) is 6.75. The molecule has 132 valence electrons. The Morgan fingerprint density at radius 3 is 2.48 bits per heavy atom. The Kier molecular flexibility index (Phi) is 7.61. The van der Waals surface area contributed by atoms with Crippen LogP contribution in [0.5, 0.6) is 11.5 Å². The van der Waals surface area contributed by atoms with Gasteiger partial charge in [-0.2, -0.15) is 0 Å². The van der Waals surface area contributed by atoms with Gasteiger partial charge in [-0.05, 0) is 45.4 Å². The van der Waals surface area contributed by atoms with Crippen LogP contribution in [0, 0.1) is 0 Å². The smallest absolute Gasteiger partial charge is 0.120 e. The minimum atomic E-state index is -0.282. The Morgan fingerprint density at radius 1 is 1.26 bits per heavy atom. The second kappa shape index (κ2) is 8.73. The molecule has 0 spiro atoms. The van der Waals surface area contributed by atoms with Gasteiger partial charge in [-0.15, -0.1) is 12.4 Å². The Morgan fingerprint density at radius 2 is 1.91 bits per heavy atom. The molecular formula is C17H29ClN2O3. The van der Waals surface area contributed by atoms with Crippen LogP contribution in [0.4, 0.5) is 0 Å². The number of phenolic OH excluding ortho intramolecular Hbond substituents is 1. The first-order valence-corrected chi connectivity index (χ1v) is 7.98. The largest absolute Gasteiger partial charge is 0.508 e. The monoisotopic (exact) mass is 344 g/mol. The highest BCUT2D eigenvalue weighted by molar-refractivity contribution is 5.85. The van der Waals surface area contributed by atoms with E-state index in [1.807, 2.05) is 26.8 Å². The van der Waals surface area contributed by atoms with Crippen LogP contribution in [0.3, 0.4) is 0 Å². The fraction of sp³-hybridized carbons (Fsp3) is 0.647. The average molecular weight is 345 g/mol. The highest BCUT2D eigenvalue weighted by Gasteiger charge is 2.25. The van der Waals surface area contributed by atoms with Gasteiger partial charge in [0, 0.05) is 44.4 Å². The molecule has 2 rings (SSSR count). The fourth-order valence-corrected chi connectivity index (χ4v) is 2.87. The molecule has 0 aliphatic carbocycles. The molecule has 0 saturated carbocycles. The van der Waals surface area contributed by atoms with Gasteiger partial charge in [0.25, 0.3) is 0 Å². The van der Waals surface area contributed by atoms with Gasteiger partial charge in [0.1, 0.15) is 17.1 Å². The average Bonchev–Trinajstić information content (AvgIpc) is 2.46. The number of aliphatic hydroxyl groups excluding tert-OH is 1. The third-order valence-corrected chi connectivity index (χ3v) is 3.78. The molecular weight excluding hydrogens is 316 g/mol. The topological polar surface area (TPSA) is 65.0 Å². The lowest BCUT2D eigenvalue weighted by atomic mass is 10.00. The summed E-state index contributed by atoms with van der Waals surface area (Å²) in [6, 6.07) is 5.39.